The maximum atomic E-state index is 13.6. The fraction of sp³-hybridized carbons (Fsp3) is 0.267. The summed E-state index contributed by atoms with van der Waals surface area (Å²) in [5.74, 6) is -0.233. The van der Waals surface area contributed by atoms with Crippen LogP contribution in [0.15, 0.2) is 79.7 Å². The maximum Gasteiger partial charge on any atom is 0.269 e. The van der Waals surface area contributed by atoms with Crippen LogP contribution in [-0.2, 0) is 29.2 Å². The Kier molecular flexibility index (Phi) is 6.93. The number of carbonyl (C=O) groups excluding carboxylic acids is 1. The molecule has 0 bridgehead atoms. The Hall–Kier alpha value is -3.43. The lowest BCUT2D eigenvalue weighted by Gasteiger charge is -2.23. The van der Waals surface area contributed by atoms with Crippen LogP contribution < -0.4 is 10.9 Å². The van der Waals surface area contributed by atoms with Gasteiger partial charge in [-0.05, 0) is 91.4 Å². The first-order valence-corrected chi connectivity index (χ1v) is 15.0. The molecule has 0 unspecified atom stereocenters. The van der Waals surface area contributed by atoms with Crippen molar-refractivity contribution in [2.24, 2.45) is 0 Å². The van der Waals surface area contributed by atoms with E-state index < -0.39 is 20.9 Å². The molecule has 0 radical (unpaired) electrons. The van der Waals surface area contributed by atoms with Crippen LogP contribution in [0.4, 0.5) is 0 Å². The number of halogens is 1. The summed E-state index contributed by atoms with van der Waals surface area (Å²) >= 11 is 3.70. The third-order valence-corrected chi connectivity index (χ3v) is 9.37. The van der Waals surface area contributed by atoms with Crippen molar-refractivity contribution in [3.8, 4) is 11.4 Å². The van der Waals surface area contributed by atoms with Crippen molar-refractivity contribution in [3.05, 3.63) is 103 Å². The van der Waals surface area contributed by atoms with Gasteiger partial charge < -0.3 is 14.9 Å². The van der Waals surface area contributed by atoms with Crippen molar-refractivity contribution < 1.29 is 13.2 Å². The predicted octanol–water partition coefficient (Wildman–Crippen LogP) is 5.42. The monoisotopic (exact) mass is 607 g/mol. The lowest BCUT2D eigenvalue weighted by atomic mass is 9.94. The largest absolute Gasteiger partial charge is 0.346 e. The number of aryl methyl sites for hydroxylation is 2. The van der Waals surface area contributed by atoms with Crippen LogP contribution >= 0.6 is 15.9 Å². The number of aromatic amines is 1. The summed E-state index contributed by atoms with van der Waals surface area (Å²) in [6.07, 6.45) is 1.10. The van der Waals surface area contributed by atoms with E-state index in [0.717, 1.165) is 22.3 Å². The standard InChI is InChI=1S/C30H30BrN3O4S/c1-18-9-8-10-19(15-18)17-34-26-22(24(31)27(34)29(36)33-30(2,3)4)14-13-20-16-23(28(35)32-25(20)26)39(37,38)21-11-6-5-7-12-21/h5-12,15-16H,13-14,17H2,1-4H3,(H,32,35)(H,33,36). The van der Waals surface area contributed by atoms with Gasteiger partial charge in [-0.25, -0.2) is 8.42 Å². The van der Waals surface area contributed by atoms with E-state index in [4.69, 9.17) is 0 Å². The molecule has 0 fully saturated rings. The van der Waals surface area contributed by atoms with Gasteiger partial charge in [0.2, 0.25) is 9.84 Å². The van der Waals surface area contributed by atoms with Crippen LogP contribution in [0.3, 0.4) is 0 Å². The molecule has 0 aliphatic heterocycles. The van der Waals surface area contributed by atoms with Gasteiger partial charge >= 0.3 is 0 Å². The molecular formula is C30H30BrN3O4S. The van der Waals surface area contributed by atoms with Crippen molar-refractivity contribution >= 4 is 31.7 Å². The summed E-state index contributed by atoms with van der Waals surface area (Å²) in [6, 6.07) is 17.5. The molecule has 0 atom stereocenters. The van der Waals surface area contributed by atoms with Gasteiger partial charge in [0.1, 0.15) is 10.6 Å². The molecular weight excluding hydrogens is 578 g/mol. The van der Waals surface area contributed by atoms with Gasteiger partial charge in [-0.15, -0.1) is 0 Å². The van der Waals surface area contributed by atoms with Crippen molar-refractivity contribution in [2.75, 3.05) is 0 Å². The Morgan fingerprint density at radius 3 is 2.44 bits per heavy atom. The van der Waals surface area contributed by atoms with Crippen LogP contribution in [0.2, 0.25) is 0 Å². The summed E-state index contributed by atoms with van der Waals surface area (Å²) in [7, 11) is -4.00. The van der Waals surface area contributed by atoms with E-state index in [1.807, 2.05) is 50.5 Å². The van der Waals surface area contributed by atoms with E-state index in [1.165, 1.54) is 18.2 Å². The van der Waals surface area contributed by atoms with Gasteiger partial charge in [0.05, 0.1) is 20.8 Å². The van der Waals surface area contributed by atoms with Crippen molar-refractivity contribution in [1.82, 2.24) is 14.9 Å². The van der Waals surface area contributed by atoms with Crippen LogP contribution in [0.5, 0.6) is 0 Å². The summed E-state index contributed by atoms with van der Waals surface area (Å²) in [4.78, 5) is 29.6. The first-order chi connectivity index (χ1) is 18.4. The highest BCUT2D eigenvalue weighted by Gasteiger charge is 2.33. The Labute approximate surface area is 236 Å². The average Bonchev–Trinajstić information content (AvgIpc) is 3.14. The van der Waals surface area contributed by atoms with Gasteiger partial charge in [0, 0.05) is 12.1 Å². The number of amides is 1. The molecule has 39 heavy (non-hydrogen) atoms. The number of nitrogens with one attached hydrogen (secondary N) is 2. The third kappa shape index (κ3) is 5.13. The van der Waals surface area contributed by atoms with Crippen molar-refractivity contribution in [2.45, 2.75) is 62.4 Å². The SMILES string of the molecule is Cc1cccc(Cn2c(C(=O)NC(C)(C)C)c(Br)c3c2-c2[nH]c(=O)c(S(=O)(=O)c4ccccc4)cc2CC3)c1. The van der Waals surface area contributed by atoms with Gasteiger partial charge in [-0.2, -0.15) is 0 Å². The first-order valence-electron chi connectivity index (χ1n) is 12.7. The smallest absolute Gasteiger partial charge is 0.269 e. The molecule has 7 nitrogen and oxygen atoms in total. The van der Waals surface area contributed by atoms with E-state index in [1.54, 1.807) is 18.2 Å². The van der Waals surface area contributed by atoms with E-state index in [0.29, 0.717) is 40.9 Å². The fourth-order valence-corrected chi connectivity index (χ4v) is 7.22. The minimum absolute atomic E-state index is 0.0682. The number of aromatic nitrogens is 2. The van der Waals surface area contributed by atoms with Gasteiger partial charge in [-0.1, -0.05) is 48.0 Å². The molecule has 1 amide bonds. The molecule has 2 aromatic carbocycles. The number of rotatable bonds is 5. The van der Waals surface area contributed by atoms with Gasteiger partial charge in [0.25, 0.3) is 11.5 Å². The second kappa shape index (κ2) is 9.95. The lowest BCUT2D eigenvalue weighted by Crippen LogP contribution is -2.41. The average molecular weight is 609 g/mol. The van der Waals surface area contributed by atoms with E-state index in [-0.39, 0.29) is 15.7 Å². The molecule has 2 aromatic heterocycles. The summed E-state index contributed by atoms with van der Waals surface area (Å²) in [5, 5.41) is 3.06. The van der Waals surface area contributed by atoms with Crippen molar-refractivity contribution in [3.63, 3.8) is 0 Å². The molecule has 1 aliphatic carbocycles. The number of hydrogen-bond donors (Lipinski definition) is 2. The second-order valence-corrected chi connectivity index (χ2v) is 13.7. The molecule has 0 spiro atoms. The number of nitrogens with zero attached hydrogens (tertiary/aromatic N) is 1. The molecule has 4 aromatic rings. The zero-order chi connectivity index (χ0) is 28.1. The highest BCUT2D eigenvalue weighted by molar-refractivity contribution is 9.10. The lowest BCUT2D eigenvalue weighted by molar-refractivity contribution is 0.0909. The summed E-state index contributed by atoms with van der Waals surface area (Å²) in [5.41, 5.74) is 4.29. The van der Waals surface area contributed by atoms with E-state index in [2.05, 4.69) is 32.3 Å². The number of H-pyrrole nitrogens is 1. The quantitative estimate of drug-likeness (QED) is 0.316. The van der Waals surface area contributed by atoms with Crippen LogP contribution in [0.25, 0.3) is 11.4 Å². The molecule has 1 aliphatic rings. The van der Waals surface area contributed by atoms with Crippen LogP contribution in [0.1, 0.15) is 53.5 Å². The Balaban J connectivity index is 1.72. The number of pyridine rings is 1. The summed E-state index contributed by atoms with van der Waals surface area (Å²) < 4.78 is 29.2. The predicted molar refractivity (Wildman–Crippen MR) is 155 cm³/mol. The van der Waals surface area contributed by atoms with Gasteiger partial charge in [-0.3, -0.25) is 9.59 Å². The minimum atomic E-state index is -4.00. The molecule has 5 rings (SSSR count). The third-order valence-electron chi connectivity index (χ3n) is 6.74. The number of fused-ring (bicyclic) bond motifs is 3. The van der Waals surface area contributed by atoms with Crippen molar-refractivity contribution in [1.29, 1.82) is 0 Å². The first kappa shape index (κ1) is 27.1. The number of carbonyl (C=O) groups is 1. The highest BCUT2D eigenvalue weighted by Crippen LogP contribution is 2.41. The number of sulfone groups is 1. The maximum absolute atomic E-state index is 13.6. The normalized spacial score (nSPS) is 13.1. The van der Waals surface area contributed by atoms with Gasteiger partial charge in [0.15, 0.2) is 0 Å². The minimum Gasteiger partial charge on any atom is -0.346 e. The molecule has 0 saturated heterocycles. The molecule has 202 valence electrons. The summed E-state index contributed by atoms with van der Waals surface area (Å²) in [6.45, 7) is 8.18. The Bertz CT molecular complexity index is 1760. The number of benzene rings is 2. The molecule has 0 saturated carbocycles. The zero-order valence-electron chi connectivity index (χ0n) is 22.3. The second-order valence-electron chi connectivity index (χ2n) is 10.9. The molecule has 2 heterocycles. The topological polar surface area (TPSA) is 101 Å². The fourth-order valence-electron chi connectivity index (χ4n) is 5.07. The molecule has 2 N–H and O–H groups in total. The zero-order valence-corrected chi connectivity index (χ0v) is 24.7. The van der Waals surface area contributed by atoms with E-state index in [9.17, 15) is 18.0 Å². The Morgan fingerprint density at radius 1 is 1.05 bits per heavy atom. The molecule has 9 heteroatoms. The van der Waals surface area contributed by atoms with Crippen LogP contribution in [-0.4, -0.2) is 29.4 Å². The van der Waals surface area contributed by atoms with E-state index >= 15 is 0 Å². The number of hydrogen-bond acceptors (Lipinski definition) is 4. The van der Waals surface area contributed by atoms with Crippen LogP contribution in [0, 0.1) is 6.92 Å². The highest BCUT2D eigenvalue weighted by atomic mass is 79.9. The Morgan fingerprint density at radius 2 is 1.77 bits per heavy atom.